The van der Waals surface area contributed by atoms with Gasteiger partial charge in [-0.05, 0) is 37.2 Å². The molecule has 1 saturated heterocycles. The summed E-state index contributed by atoms with van der Waals surface area (Å²) in [7, 11) is 1.40. The van der Waals surface area contributed by atoms with Crippen LogP contribution in [0.5, 0.6) is 0 Å². The molecule has 0 atom stereocenters. The van der Waals surface area contributed by atoms with E-state index in [1.165, 1.54) is 32.2 Å². The first-order valence-corrected chi connectivity index (χ1v) is 5.19. The molecule has 0 spiro atoms. The standard InChI is InChI=1S/C12H15NO2/c1-15-12(14)11-5-3-10(4-6-11)9-13-7-2-8-13/h3-6H,2,7-9H2,1H3. The van der Waals surface area contributed by atoms with Crippen LogP contribution >= 0.6 is 0 Å². The second kappa shape index (κ2) is 4.45. The van der Waals surface area contributed by atoms with Gasteiger partial charge in [-0.1, -0.05) is 12.1 Å². The van der Waals surface area contributed by atoms with E-state index in [4.69, 9.17) is 0 Å². The summed E-state index contributed by atoms with van der Waals surface area (Å²) in [6, 6.07) is 7.62. The maximum atomic E-state index is 11.2. The van der Waals surface area contributed by atoms with Crippen LogP contribution in [-0.4, -0.2) is 31.1 Å². The van der Waals surface area contributed by atoms with Crippen molar-refractivity contribution in [2.24, 2.45) is 0 Å². The van der Waals surface area contributed by atoms with Gasteiger partial charge in [0, 0.05) is 6.54 Å². The normalized spacial score (nSPS) is 15.8. The van der Waals surface area contributed by atoms with E-state index in [0.717, 1.165) is 6.54 Å². The van der Waals surface area contributed by atoms with Crippen molar-refractivity contribution in [2.75, 3.05) is 20.2 Å². The van der Waals surface area contributed by atoms with E-state index in [0.29, 0.717) is 5.56 Å². The molecular weight excluding hydrogens is 190 g/mol. The molecule has 1 aromatic rings. The van der Waals surface area contributed by atoms with Gasteiger partial charge in [-0.15, -0.1) is 0 Å². The average Bonchev–Trinajstić information content (AvgIpc) is 2.23. The monoisotopic (exact) mass is 205 g/mol. The van der Waals surface area contributed by atoms with Crippen LogP contribution in [0.15, 0.2) is 24.3 Å². The molecular formula is C12H15NO2. The molecule has 1 aromatic carbocycles. The quantitative estimate of drug-likeness (QED) is 0.703. The van der Waals surface area contributed by atoms with Gasteiger partial charge >= 0.3 is 5.97 Å². The Kier molecular flexibility index (Phi) is 3.02. The Morgan fingerprint density at radius 1 is 1.33 bits per heavy atom. The minimum absolute atomic E-state index is 0.273. The second-order valence-corrected chi connectivity index (χ2v) is 3.82. The zero-order chi connectivity index (χ0) is 10.7. The van der Waals surface area contributed by atoms with Crippen LogP contribution in [0.3, 0.4) is 0 Å². The van der Waals surface area contributed by atoms with E-state index in [9.17, 15) is 4.79 Å². The van der Waals surface area contributed by atoms with Crippen molar-refractivity contribution in [3.05, 3.63) is 35.4 Å². The van der Waals surface area contributed by atoms with Crippen molar-refractivity contribution in [3.63, 3.8) is 0 Å². The number of carbonyl (C=O) groups is 1. The van der Waals surface area contributed by atoms with E-state index in [1.807, 2.05) is 24.3 Å². The highest BCUT2D eigenvalue weighted by Crippen LogP contribution is 2.13. The lowest BCUT2D eigenvalue weighted by atomic mass is 10.1. The van der Waals surface area contributed by atoms with E-state index in [1.54, 1.807) is 0 Å². The van der Waals surface area contributed by atoms with Gasteiger partial charge in [0.1, 0.15) is 0 Å². The van der Waals surface area contributed by atoms with Crippen LogP contribution in [-0.2, 0) is 11.3 Å². The highest BCUT2D eigenvalue weighted by atomic mass is 16.5. The van der Waals surface area contributed by atoms with Gasteiger partial charge < -0.3 is 4.74 Å². The number of esters is 1. The molecule has 1 aliphatic rings. The average molecular weight is 205 g/mol. The summed E-state index contributed by atoms with van der Waals surface area (Å²) in [4.78, 5) is 13.6. The van der Waals surface area contributed by atoms with Gasteiger partial charge in [0.05, 0.1) is 12.7 Å². The maximum Gasteiger partial charge on any atom is 0.337 e. The number of benzene rings is 1. The molecule has 2 rings (SSSR count). The first kappa shape index (κ1) is 10.2. The molecule has 1 heterocycles. The number of hydrogen-bond donors (Lipinski definition) is 0. The Labute approximate surface area is 89.7 Å². The molecule has 0 aliphatic carbocycles. The van der Waals surface area contributed by atoms with Crippen LogP contribution in [0.25, 0.3) is 0 Å². The molecule has 3 nitrogen and oxygen atoms in total. The SMILES string of the molecule is COC(=O)c1ccc(CN2CCC2)cc1. The number of likely N-dealkylation sites (tertiary alicyclic amines) is 1. The minimum atomic E-state index is -0.273. The van der Waals surface area contributed by atoms with Crippen molar-refractivity contribution in [1.29, 1.82) is 0 Å². The number of hydrogen-bond acceptors (Lipinski definition) is 3. The summed E-state index contributed by atoms with van der Waals surface area (Å²) in [6.45, 7) is 3.37. The third kappa shape index (κ3) is 2.36. The van der Waals surface area contributed by atoms with Crippen LogP contribution in [0.4, 0.5) is 0 Å². The molecule has 0 saturated carbocycles. The lowest BCUT2D eigenvalue weighted by Gasteiger charge is -2.30. The van der Waals surface area contributed by atoms with Crippen LogP contribution < -0.4 is 0 Å². The third-order valence-electron chi connectivity index (χ3n) is 2.73. The summed E-state index contributed by atoms with van der Waals surface area (Å²) >= 11 is 0. The molecule has 15 heavy (non-hydrogen) atoms. The number of nitrogens with zero attached hydrogens (tertiary/aromatic N) is 1. The minimum Gasteiger partial charge on any atom is -0.465 e. The smallest absolute Gasteiger partial charge is 0.337 e. The molecule has 80 valence electrons. The van der Waals surface area contributed by atoms with Crippen molar-refractivity contribution in [1.82, 2.24) is 4.90 Å². The fourth-order valence-electron chi connectivity index (χ4n) is 1.66. The lowest BCUT2D eigenvalue weighted by molar-refractivity contribution is 0.0600. The Balaban J connectivity index is 1.99. The number of rotatable bonds is 3. The molecule has 1 aliphatic heterocycles. The Morgan fingerprint density at radius 2 is 2.00 bits per heavy atom. The van der Waals surface area contributed by atoms with Gasteiger partial charge in [0.2, 0.25) is 0 Å². The zero-order valence-electron chi connectivity index (χ0n) is 8.90. The highest BCUT2D eigenvalue weighted by Gasteiger charge is 2.13. The van der Waals surface area contributed by atoms with Gasteiger partial charge in [0.25, 0.3) is 0 Å². The molecule has 0 amide bonds. The summed E-state index contributed by atoms with van der Waals surface area (Å²) < 4.78 is 4.64. The molecule has 0 radical (unpaired) electrons. The van der Waals surface area contributed by atoms with Crippen molar-refractivity contribution < 1.29 is 9.53 Å². The Bertz CT molecular complexity index is 341. The second-order valence-electron chi connectivity index (χ2n) is 3.82. The Morgan fingerprint density at radius 3 is 2.47 bits per heavy atom. The van der Waals surface area contributed by atoms with Crippen LogP contribution in [0, 0.1) is 0 Å². The zero-order valence-corrected chi connectivity index (χ0v) is 8.90. The van der Waals surface area contributed by atoms with Gasteiger partial charge in [-0.25, -0.2) is 4.79 Å². The molecule has 0 bridgehead atoms. The summed E-state index contributed by atoms with van der Waals surface area (Å²) in [5.74, 6) is -0.273. The van der Waals surface area contributed by atoms with Crippen LogP contribution in [0.2, 0.25) is 0 Å². The van der Waals surface area contributed by atoms with Crippen LogP contribution in [0.1, 0.15) is 22.3 Å². The van der Waals surface area contributed by atoms with Gasteiger partial charge in [0.15, 0.2) is 0 Å². The van der Waals surface area contributed by atoms with Crippen molar-refractivity contribution >= 4 is 5.97 Å². The fraction of sp³-hybridized carbons (Fsp3) is 0.417. The molecule has 1 fully saturated rings. The summed E-state index contributed by atoms with van der Waals surface area (Å²) in [6.07, 6.45) is 1.31. The summed E-state index contributed by atoms with van der Waals surface area (Å²) in [5, 5.41) is 0. The number of ether oxygens (including phenoxy) is 1. The van der Waals surface area contributed by atoms with Crippen molar-refractivity contribution in [2.45, 2.75) is 13.0 Å². The fourth-order valence-corrected chi connectivity index (χ4v) is 1.66. The molecule has 3 heteroatoms. The van der Waals surface area contributed by atoms with Gasteiger partial charge in [-0.2, -0.15) is 0 Å². The molecule has 0 aromatic heterocycles. The molecule has 0 unspecified atom stereocenters. The van der Waals surface area contributed by atoms with Crippen molar-refractivity contribution in [3.8, 4) is 0 Å². The predicted octanol–water partition coefficient (Wildman–Crippen LogP) is 1.68. The van der Waals surface area contributed by atoms with E-state index in [-0.39, 0.29) is 5.97 Å². The maximum absolute atomic E-state index is 11.2. The van der Waals surface area contributed by atoms with E-state index in [2.05, 4.69) is 9.64 Å². The summed E-state index contributed by atoms with van der Waals surface area (Å²) in [5.41, 5.74) is 1.87. The molecule has 0 N–H and O–H groups in total. The number of carbonyl (C=O) groups excluding carboxylic acids is 1. The Hall–Kier alpha value is -1.35. The lowest BCUT2D eigenvalue weighted by Crippen LogP contribution is -2.36. The van der Waals surface area contributed by atoms with E-state index >= 15 is 0 Å². The predicted molar refractivity (Wildman–Crippen MR) is 57.7 cm³/mol. The third-order valence-corrected chi connectivity index (χ3v) is 2.73. The topological polar surface area (TPSA) is 29.5 Å². The largest absolute Gasteiger partial charge is 0.465 e. The first-order chi connectivity index (χ1) is 7.29. The highest BCUT2D eigenvalue weighted by molar-refractivity contribution is 5.89. The number of methoxy groups -OCH3 is 1. The van der Waals surface area contributed by atoms with Gasteiger partial charge in [-0.3, -0.25) is 4.90 Å². The first-order valence-electron chi connectivity index (χ1n) is 5.19. The van der Waals surface area contributed by atoms with E-state index < -0.39 is 0 Å².